The summed E-state index contributed by atoms with van der Waals surface area (Å²) in [5, 5.41) is 14.1. The second-order valence-electron chi connectivity index (χ2n) is 24.2. The molecule has 3 N–H and O–H groups in total. The molecule has 0 aliphatic carbocycles. The van der Waals surface area contributed by atoms with Crippen LogP contribution in [0.2, 0.25) is 0 Å². The summed E-state index contributed by atoms with van der Waals surface area (Å²) in [4.78, 5) is 23.4. The largest absolute Gasteiger partial charge is 0.472 e. The molecule has 0 heterocycles. The summed E-state index contributed by atoms with van der Waals surface area (Å²) in [5.41, 5.74) is 0. The number of carbonyl (C=O) groups excluding carboxylic acids is 1. The van der Waals surface area contributed by atoms with E-state index in [9.17, 15) is 19.4 Å². The maximum absolute atomic E-state index is 13.0. The van der Waals surface area contributed by atoms with E-state index < -0.39 is 20.0 Å². The van der Waals surface area contributed by atoms with Crippen LogP contribution in [0.1, 0.15) is 316 Å². The molecule has 9 heteroatoms. The third-order valence-electron chi connectivity index (χ3n) is 15.2. The number of nitrogens with one attached hydrogen (secondary N) is 1. The molecular weight excluding hydrogens is 996 g/mol. The van der Waals surface area contributed by atoms with Crippen LogP contribution in [0.25, 0.3) is 0 Å². The number of phosphoric acid groups is 1. The average Bonchev–Trinajstić information content (AvgIpc) is 3.42. The van der Waals surface area contributed by atoms with Crippen LogP contribution in [0.5, 0.6) is 0 Å². The van der Waals surface area contributed by atoms with Gasteiger partial charge in [-0.15, -0.1) is 0 Å². The van der Waals surface area contributed by atoms with Crippen molar-refractivity contribution >= 4 is 13.7 Å². The maximum Gasteiger partial charge on any atom is 0.472 e. The molecule has 0 aromatic heterocycles. The Morgan fingerprint density at radius 2 is 0.759 bits per heavy atom. The van der Waals surface area contributed by atoms with Gasteiger partial charge in [-0.05, 0) is 64.2 Å². The molecule has 0 aromatic rings. The zero-order chi connectivity index (χ0) is 57.7. The minimum Gasteiger partial charge on any atom is -0.391 e. The molecule has 0 radical (unpaired) electrons. The van der Waals surface area contributed by atoms with Gasteiger partial charge in [0.05, 0.1) is 39.9 Å². The van der Waals surface area contributed by atoms with Gasteiger partial charge in [0, 0.05) is 6.42 Å². The number of amides is 1. The fraction of sp³-hybridized carbons (Fsp3) is 0.814. The molecule has 0 saturated heterocycles. The fourth-order valence-corrected chi connectivity index (χ4v) is 10.7. The van der Waals surface area contributed by atoms with Gasteiger partial charge in [0.25, 0.3) is 0 Å². The first kappa shape index (κ1) is 76.9. The summed E-state index contributed by atoms with van der Waals surface area (Å²) in [6.07, 6.45) is 84.3. The van der Waals surface area contributed by atoms with Crippen LogP contribution in [0.3, 0.4) is 0 Å². The highest BCUT2D eigenvalue weighted by molar-refractivity contribution is 7.47. The number of unbranched alkanes of at least 4 members (excludes halogenated alkanes) is 37. The van der Waals surface area contributed by atoms with Crippen LogP contribution >= 0.6 is 7.82 Å². The molecule has 462 valence electrons. The van der Waals surface area contributed by atoms with Gasteiger partial charge in [0.15, 0.2) is 0 Å². The lowest BCUT2D eigenvalue weighted by Gasteiger charge is -2.26. The number of aliphatic hydroxyl groups excluding tert-OH is 1. The van der Waals surface area contributed by atoms with Crippen LogP contribution in [0.4, 0.5) is 0 Å². The number of hydrogen-bond donors (Lipinski definition) is 3. The van der Waals surface area contributed by atoms with Gasteiger partial charge >= 0.3 is 7.82 Å². The number of likely N-dealkylation sites (N-methyl/N-ethyl adjacent to an activating group) is 1. The smallest absolute Gasteiger partial charge is 0.391 e. The monoisotopic (exact) mass is 1130 g/mol. The van der Waals surface area contributed by atoms with E-state index in [0.29, 0.717) is 23.9 Å². The van der Waals surface area contributed by atoms with E-state index in [4.69, 9.17) is 9.05 Å². The molecule has 0 aliphatic rings. The number of quaternary nitrogens is 1. The zero-order valence-corrected chi connectivity index (χ0v) is 53.8. The van der Waals surface area contributed by atoms with Crippen LogP contribution in [0.15, 0.2) is 72.9 Å². The van der Waals surface area contributed by atoms with Crippen LogP contribution in [-0.4, -0.2) is 73.4 Å². The van der Waals surface area contributed by atoms with Gasteiger partial charge in [-0.2, -0.15) is 0 Å². The molecule has 3 unspecified atom stereocenters. The van der Waals surface area contributed by atoms with Gasteiger partial charge in [0.2, 0.25) is 5.91 Å². The first-order chi connectivity index (χ1) is 38.5. The lowest BCUT2D eigenvalue weighted by atomic mass is 10.0. The van der Waals surface area contributed by atoms with E-state index in [0.717, 1.165) is 89.9 Å². The van der Waals surface area contributed by atoms with Gasteiger partial charge in [-0.25, -0.2) is 4.57 Å². The third-order valence-corrected chi connectivity index (χ3v) is 16.2. The second kappa shape index (κ2) is 60.5. The molecule has 0 fully saturated rings. The van der Waals surface area contributed by atoms with Gasteiger partial charge in [-0.3, -0.25) is 13.8 Å². The number of nitrogens with zero attached hydrogens (tertiary/aromatic N) is 1. The Kier molecular flexibility index (Phi) is 59.0. The Morgan fingerprint density at radius 1 is 0.443 bits per heavy atom. The van der Waals surface area contributed by atoms with Crippen molar-refractivity contribution in [3.05, 3.63) is 72.9 Å². The maximum atomic E-state index is 13.0. The topological polar surface area (TPSA) is 105 Å². The normalized spacial score (nSPS) is 14.2. The van der Waals surface area contributed by atoms with Crippen molar-refractivity contribution in [2.45, 2.75) is 328 Å². The standard InChI is InChI=1S/C70H131N2O6P/c1-6-8-10-12-14-16-18-20-22-24-26-28-30-32-33-34-35-36-37-38-40-41-43-45-47-49-51-53-55-57-59-61-63-69(73)68(67-78-79(75,76)77-66-65-72(3,4)5)71-70(74)64-62-60-58-56-54-52-50-48-46-44-42-39-31-29-27-25-23-21-19-17-15-13-11-9-7-2/h9,11,15,17,21,23,27,29,39,42,46,48,68-69,73H,6-8,10,12-14,16,18-20,22,24-26,28,30-38,40-41,43-45,47,49-67H2,1-5H3,(H-,71,74,75,76)/p+1/b11-9-,17-15-,23-21-,29-27-,42-39-,48-46-. The summed E-state index contributed by atoms with van der Waals surface area (Å²) in [5.74, 6) is -0.157. The number of hydrogen-bond acceptors (Lipinski definition) is 5. The van der Waals surface area contributed by atoms with E-state index in [1.54, 1.807) is 0 Å². The van der Waals surface area contributed by atoms with Crippen molar-refractivity contribution in [1.82, 2.24) is 5.32 Å². The molecule has 0 saturated carbocycles. The Balaban J connectivity index is 4.08. The average molecular weight is 1130 g/mol. The van der Waals surface area contributed by atoms with E-state index in [1.165, 1.54) is 199 Å². The van der Waals surface area contributed by atoms with Crippen molar-refractivity contribution in [2.24, 2.45) is 0 Å². The van der Waals surface area contributed by atoms with E-state index >= 15 is 0 Å². The molecule has 79 heavy (non-hydrogen) atoms. The molecule has 0 aliphatic heterocycles. The lowest BCUT2D eigenvalue weighted by Crippen LogP contribution is -2.46. The summed E-state index contributed by atoms with van der Waals surface area (Å²) in [6, 6.07) is -0.776. The number of allylic oxidation sites excluding steroid dienone is 12. The number of rotatable bonds is 62. The van der Waals surface area contributed by atoms with Crippen LogP contribution in [-0.2, 0) is 18.4 Å². The molecule has 0 bridgehead atoms. The third kappa shape index (κ3) is 63.4. The van der Waals surface area contributed by atoms with Crippen molar-refractivity contribution < 1.29 is 32.9 Å². The summed E-state index contributed by atoms with van der Waals surface area (Å²) in [7, 11) is 1.60. The lowest BCUT2D eigenvalue weighted by molar-refractivity contribution is -0.870. The number of carbonyl (C=O) groups is 1. The highest BCUT2D eigenvalue weighted by Crippen LogP contribution is 2.43. The van der Waals surface area contributed by atoms with E-state index in [1.807, 2.05) is 21.1 Å². The summed E-state index contributed by atoms with van der Waals surface area (Å²) >= 11 is 0. The molecule has 0 rings (SSSR count). The Hall–Kier alpha value is -2.06. The molecule has 1 amide bonds. The molecule has 8 nitrogen and oxygen atoms in total. The summed E-state index contributed by atoms with van der Waals surface area (Å²) < 4.78 is 23.9. The van der Waals surface area contributed by atoms with Gasteiger partial charge in [0.1, 0.15) is 13.2 Å². The van der Waals surface area contributed by atoms with E-state index in [-0.39, 0.29) is 19.1 Å². The van der Waals surface area contributed by atoms with Crippen molar-refractivity contribution in [3.63, 3.8) is 0 Å². The van der Waals surface area contributed by atoms with Crippen molar-refractivity contribution in [2.75, 3.05) is 40.9 Å². The fourth-order valence-electron chi connectivity index (χ4n) is 10.00. The number of aliphatic hydroxyl groups is 1. The number of phosphoric ester groups is 1. The predicted octanol–water partition coefficient (Wildman–Crippen LogP) is 21.4. The van der Waals surface area contributed by atoms with Crippen LogP contribution in [0, 0.1) is 0 Å². The summed E-state index contributed by atoms with van der Waals surface area (Å²) in [6.45, 7) is 4.79. The van der Waals surface area contributed by atoms with Crippen molar-refractivity contribution in [3.8, 4) is 0 Å². The molecule has 0 aromatic carbocycles. The molecular formula is C70H132N2O6P+. The highest BCUT2D eigenvalue weighted by Gasteiger charge is 2.28. The SMILES string of the molecule is CC/C=C\C/C=C\C/C=C\C/C=C\C/C=C\C/C=C\CCCCCCCCC(=O)NC(COP(=O)(O)OCC[N+](C)(C)C)C(O)CCCCCCCCCCCCCCCCCCCCCCCCCCCCCCCCCC. The minimum absolute atomic E-state index is 0.0685. The molecule has 0 spiro atoms. The quantitative estimate of drug-likeness (QED) is 0.0243. The highest BCUT2D eigenvalue weighted by atomic mass is 31.2. The molecule has 3 atom stereocenters. The van der Waals surface area contributed by atoms with Gasteiger partial charge < -0.3 is 19.8 Å². The Morgan fingerprint density at radius 3 is 1.11 bits per heavy atom. The van der Waals surface area contributed by atoms with E-state index in [2.05, 4.69) is 92.1 Å². The Bertz CT molecular complexity index is 1520. The first-order valence-corrected chi connectivity index (χ1v) is 35.3. The predicted molar refractivity (Wildman–Crippen MR) is 346 cm³/mol. The first-order valence-electron chi connectivity index (χ1n) is 33.8. The van der Waals surface area contributed by atoms with Crippen molar-refractivity contribution in [1.29, 1.82) is 0 Å². The van der Waals surface area contributed by atoms with Gasteiger partial charge in [-0.1, -0.05) is 318 Å². The zero-order valence-electron chi connectivity index (χ0n) is 52.9. The Labute approximate surface area is 491 Å². The second-order valence-corrected chi connectivity index (χ2v) is 25.6. The van der Waals surface area contributed by atoms with Crippen LogP contribution < -0.4 is 5.32 Å². The minimum atomic E-state index is -4.34.